The van der Waals surface area contributed by atoms with Crippen molar-refractivity contribution in [3.8, 4) is 18.1 Å². The van der Waals surface area contributed by atoms with Gasteiger partial charge in [0.25, 0.3) is 11.8 Å². The molecule has 4 rings (SSSR count). The molecule has 0 saturated heterocycles. The summed E-state index contributed by atoms with van der Waals surface area (Å²) in [5.74, 6) is 2.52. The Labute approximate surface area is 174 Å². The van der Waals surface area contributed by atoms with Crippen molar-refractivity contribution in [3.63, 3.8) is 0 Å². The highest BCUT2D eigenvalue weighted by atomic mass is 16.5. The van der Waals surface area contributed by atoms with Crippen molar-refractivity contribution in [1.29, 1.82) is 0 Å². The number of carbonyl (C=O) groups is 2. The van der Waals surface area contributed by atoms with Crippen molar-refractivity contribution < 1.29 is 14.3 Å². The topological polar surface area (TPSA) is 87.3 Å². The number of fused-ring (bicyclic) bond motifs is 2. The number of amides is 2. The molecule has 0 radical (unpaired) electrons. The Morgan fingerprint density at radius 2 is 2.10 bits per heavy atom. The molecule has 0 fully saturated rings. The van der Waals surface area contributed by atoms with Crippen molar-refractivity contribution in [3.05, 3.63) is 58.9 Å². The van der Waals surface area contributed by atoms with E-state index in [-0.39, 0.29) is 24.1 Å². The molecule has 2 aromatic carbocycles. The lowest BCUT2D eigenvalue weighted by atomic mass is 10.0. The molecule has 1 aromatic heterocycles. The van der Waals surface area contributed by atoms with Crippen LogP contribution in [-0.2, 0) is 13.0 Å². The zero-order valence-corrected chi connectivity index (χ0v) is 16.9. The summed E-state index contributed by atoms with van der Waals surface area (Å²) in [6.07, 6.45) is 5.93. The van der Waals surface area contributed by atoms with Crippen molar-refractivity contribution in [1.82, 2.24) is 20.4 Å². The maximum atomic E-state index is 13.3. The van der Waals surface area contributed by atoms with E-state index >= 15 is 0 Å². The number of nitrogens with zero attached hydrogens (tertiary/aromatic N) is 2. The number of aromatic amines is 1. The maximum absolute atomic E-state index is 13.3. The van der Waals surface area contributed by atoms with Gasteiger partial charge in [0.05, 0.1) is 25.3 Å². The Kier molecular flexibility index (Phi) is 5.15. The van der Waals surface area contributed by atoms with E-state index in [4.69, 9.17) is 11.2 Å². The zero-order valence-electron chi connectivity index (χ0n) is 16.9. The zero-order chi connectivity index (χ0) is 21.3. The summed E-state index contributed by atoms with van der Waals surface area (Å²) in [4.78, 5) is 27.6. The number of methoxy groups -OCH3 is 1. The molecule has 3 aromatic rings. The number of terminal acetylenes is 1. The predicted octanol–water partition coefficient (Wildman–Crippen LogP) is 2.52. The van der Waals surface area contributed by atoms with E-state index in [1.165, 1.54) is 0 Å². The van der Waals surface area contributed by atoms with Gasteiger partial charge in [-0.1, -0.05) is 36.3 Å². The maximum Gasteiger partial charge on any atom is 0.273 e. The monoisotopic (exact) mass is 402 g/mol. The third-order valence-electron chi connectivity index (χ3n) is 5.35. The van der Waals surface area contributed by atoms with E-state index in [0.717, 1.165) is 22.0 Å². The molecular weight excluding hydrogens is 380 g/mol. The van der Waals surface area contributed by atoms with E-state index in [1.54, 1.807) is 25.0 Å². The molecule has 1 atom stereocenters. The largest absolute Gasteiger partial charge is 0.495 e. The first-order valence-electron chi connectivity index (χ1n) is 9.71. The predicted molar refractivity (Wildman–Crippen MR) is 113 cm³/mol. The Morgan fingerprint density at radius 3 is 2.87 bits per heavy atom. The van der Waals surface area contributed by atoms with Crippen molar-refractivity contribution in [2.75, 3.05) is 13.7 Å². The molecule has 2 amide bonds. The Morgan fingerprint density at radius 1 is 1.30 bits per heavy atom. The number of benzene rings is 2. The molecule has 0 aliphatic carbocycles. The van der Waals surface area contributed by atoms with Gasteiger partial charge in [-0.15, -0.1) is 6.42 Å². The minimum Gasteiger partial charge on any atom is -0.495 e. The number of ether oxygens (including phenoxy) is 1. The molecule has 152 valence electrons. The number of carbonyl (C=O) groups excluding carboxylic acids is 2. The smallest absolute Gasteiger partial charge is 0.273 e. The van der Waals surface area contributed by atoms with Crippen molar-refractivity contribution >= 4 is 22.6 Å². The highest BCUT2D eigenvalue weighted by Crippen LogP contribution is 2.32. The van der Waals surface area contributed by atoms with Crippen LogP contribution in [-0.4, -0.2) is 46.6 Å². The average Bonchev–Trinajstić information content (AvgIpc) is 3.21. The summed E-state index contributed by atoms with van der Waals surface area (Å²) < 4.78 is 5.59. The standard InChI is InChI=1S/C23H22N4O3/c1-4-14(2)24-22(28)20-18-13-27(12-11-19(18)25-26-20)23(29)17-10-9-15-7-5-6-8-16(15)21(17)30-3/h1,5-10,14H,11-13H2,2-3H3,(H,24,28)(H,25,26). The van der Waals surface area contributed by atoms with Crippen LogP contribution < -0.4 is 10.1 Å². The Bertz CT molecular complexity index is 1170. The molecule has 1 unspecified atom stereocenters. The second kappa shape index (κ2) is 7.91. The second-order valence-corrected chi connectivity index (χ2v) is 7.24. The van der Waals surface area contributed by atoms with Crippen LogP contribution in [0.15, 0.2) is 36.4 Å². The molecule has 0 saturated carbocycles. The quantitative estimate of drug-likeness (QED) is 0.657. The van der Waals surface area contributed by atoms with Gasteiger partial charge >= 0.3 is 0 Å². The number of H-pyrrole nitrogens is 1. The lowest BCUT2D eigenvalue weighted by molar-refractivity contribution is 0.0728. The number of hydrogen-bond donors (Lipinski definition) is 2. The van der Waals surface area contributed by atoms with Crippen LogP contribution in [0.4, 0.5) is 0 Å². The van der Waals surface area contributed by atoms with Crippen LogP contribution in [0.5, 0.6) is 5.75 Å². The normalized spacial score (nSPS) is 14.0. The number of rotatable bonds is 4. The minimum atomic E-state index is -0.409. The molecule has 2 heterocycles. The van der Waals surface area contributed by atoms with Crippen LogP contribution in [0.25, 0.3) is 10.8 Å². The minimum absolute atomic E-state index is 0.146. The number of aromatic nitrogens is 2. The van der Waals surface area contributed by atoms with Gasteiger partial charge in [0.1, 0.15) is 5.75 Å². The van der Waals surface area contributed by atoms with E-state index in [1.807, 2.05) is 30.3 Å². The van der Waals surface area contributed by atoms with Crippen LogP contribution in [0.2, 0.25) is 0 Å². The lowest BCUT2D eigenvalue weighted by Crippen LogP contribution is -2.38. The Balaban J connectivity index is 1.63. The van der Waals surface area contributed by atoms with Crippen LogP contribution >= 0.6 is 0 Å². The van der Waals surface area contributed by atoms with Gasteiger partial charge in [0, 0.05) is 29.6 Å². The summed E-state index contributed by atoms with van der Waals surface area (Å²) in [6, 6.07) is 11.1. The first-order valence-corrected chi connectivity index (χ1v) is 9.71. The van der Waals surface area contributed by atoms with Crippen LogP contribution in [0, 0.1) is 12.3 Å². The van der Waals surface area contributed by atoms with Gasteiger partial charge in [0.2, 0.25) is 0 Å². The third-order valence-corrected chi connectivity index (χ3v) is 5.35. The molecule has 2 N–H and O–H groups in total. The van der Waals surface area contributed by atoms with Crippen molar-refractivity contribution in [2.24, 2.45) is 0 Å². The van der Waals surface area contributed by atoms with E-state index in [2.05, 4.69) is 21.4 Å². The molecule has 0 bridgehead atoms. The van der Waals surface area contributed by atoms with Gasteiger partial charge in [-0.2, -0.15) is 5.10 Å². The summed E-state index contributed by atoms with van der Waals surface area (Å²) >= 11 is 0. The van der Waals surface area contributed by atoms with Gasteiger partial charge < -0.3 is 15.0 Å². The fourth-order valence-corrected chi connectivity index (χ4v) is 3.76. The fraction of sp³-hybridized carbons (Fsp3) is 0.261. The number of nitrogens with one attached hydrogen (secondary N) is 2. The highest BCUT2D eigenvalue weighted by molar-refractivity contribution is 6.04. The molecule has 1 aliphatic rings. The van der Waals surface area contributed by atoms with Gasteiger partial charge in [0.15, 0.2) is 5.69 Å². The molecular formula is C23H22N4O3. The number of hydrogen-bond acceptors (Lipinski definition) is 4. The lowest BCUT2D eigenvalue weighted by Gasteiger charge is -2.28. The average molecular weight is 402 g/mol. The molecule has 7 heteroatoms. The second-order valence-electron chi connectivity index (χ2n) is 7.24. The van der Waals surface area contributed by atoms with E-state index < -0.39 is 6.04 Å². The third kappa shape index (κ3) is 3.37. The van der Waals surface area contributed by atoms with Gasteiger partial charge in [-0.05, 0) is 18.4 Å². The highest BCUT2D eigenvalue weighted by Gasteiger charge is 2.30. The first kappa shape index (κ1) is 19.5. The Hall–Kier alpha value is -3.79. The van der Waals surface area contributed by atoms with Crippen molar-refractivity contribution in [2.45, 2.75) is 25.9 Å². The first-order chi connectivity index (χ1) is 14.5. The van der Waals surface area contributed by atoms with Gasteiger partial charge in [-0.3, -0.25) is 14.7 Å². The fourth-order valence-electron chi connectivity index (χ4n) is 3.76. The summed E-state index contributed by atoms with van der Waals surface area (Å²) in [7, 11) is 1.57. The van der Waals surface area contributed by atoms with Crippen LogP contribution in [0.1, 0.15) is 39.0 Å². The van der Waals surface area contributed by atoms with Crippen LogP contribution in [0.3, 0.4) is 0 Å². The van der Waals surface area contributed by atoms with E-state index in [9.17, 15) is 9.59 Å². The summed E-state index contributed by atoms with van der Waals surface area (Å²) in [5.41, 5.74) is 2.35. The molecule has 1 aliphatic heterocycles. The van der Waals surface area contributed by atoms with E-state index in [0.29, 0.717) is 24.3 Å². The van der Waals surface area contributed by atoms with Gasteiger partial charge in [-0.25, -0.2) is 0 Å². The molecule has 7 nitrogen and oxygen atoms in total. The SMILES string of the molecule is C#CC(C)NC(=O)c1n[nH]c2c1CN(C(=O)c1ccc3ccccc3c1OC)CC2. The molecule has 0 spiro atoms. The summed E-state index contributed by atoms with van der Waals surface area (Å²) in [6.45, 7) is 2.53. The molecule has 30 heavy (non-hydrogen) atoms. The summed E-state index contributed by atoms with van der Waals surface area (Å²) in [5, 5.41) is 11.7.